The van der Waals surface area contributed by atoms with E-state index >= 15 is 0 Å². The van der Waals surface area contributed by atoms with Crippen LogP contribution in [0.2, 0.25) is 0 Å². The maximum atomic E-state index is 4.79. The minimum atomic E-state index is 0.580. The molecular formula is C15H18N4. The number of nitrogens with zero attached hydrogens (tertiary/aromatic N) is 4. The molecule has 0 aliphatic heterocycles. The van der Waals surface area contributed by atoms with Crippen LogP contribution in [0.25, 0.3) is 11.4 Å². The molecule has 1 unspecified atom stereocenters. The molecule has 0 amide bonds. The van der Waals surface area contributed by atoms with E-state index < -0.39 is 0 Å². The Bertz CT molecular complexity index is 596. The fourth-order valence-electron chi connectivity index (χ4n) is 3.67. The van der Waals surface area contributed by atoms with E-state index in [4.69, 9.17) is 4.98 Å². The molecule has 4 nitrogen and oxygen atoms in total. The average molecular weight is 254 g/mol. The Labute approximate surface area is 112 Å². The van der Waals surface area contributed by atoms with Crippen LogP contribution in [0, 0.1) is 5.41 Å². The van der Waals surface area contributed by atoms with Gasteiger partial charge in [0.25, 0.3) is 0 Å². The van der Waals surface area contributed by atoms with Crippen molar-refractivity contribution in [1.29, 1.82) is 0 Å². The highest BCUT2D eigenvalue weighted by atomic mass is 15.3. The smallest absolute Gasteiger partial charge is 0.181 e. The molecule has 98 valence electrons. The lowest BCUT2D eigenvalue weighted by Gasteiger charge is -2.06. The highest BCUT2D eigenvalue weighted by molar-refractivity contribution is 5.53. The monoisotopic (exact) mass is 254 g/mol. The van der Waals surface area contributed by atoms with Crippen molar-refractivity contribution >= 4 is 0 Å². The topological polar surface area (TPSA) is 43.6 Å². The van der Waals surface area contributed by atoms with Crippen molar-refractivity contribution in [3.8, 4) is 11.4 Å². The lowest BCUT2D eigenvalue weighted by Crippen LogP contribution is -2.03. The number of pyridine rings is 1. The van der Waals surface area contributed by atoms with E-state index in [-0.39, 0.29) is 0 Å². The molecule has 0 radical (unpaired) electrons. The molecule has 0 N–H and O–H groups in total. The Hall–Kier alpha value is -1.71. The van der Waals surface area contributed by atoms with Gasteiger partial charge in [0.2, 0.25) is 0 Å². The Morgan fingerprint density at radius 1 is 1.21 bits per heavy atom. The Kier molecular flexibility index (Phi) is 2.28. The fourth-order valence-corrected chi connectivity index (χ4v) is 3.67. The molecule has 2 aromatic rings. The number of hydrogen-bond acceptors (Lipinski definition) is 3. The van der Waals surface area contributed by atoms with Gasteiger partial charge in [-0.2, -0.15) is 5.10 Å². The van der Waals surface area contributed by atoms with Gasteiger partial charge in [-0.25, -0.2) is 4.98 Å². The molecule has 4 rings (SSSR count). The van der Waals surface area contributed by atoms with E-state index in [1.807, 2.05) is 23.9 Å². The molecule has 2 aromatic heterocycles. The fraction of sp³-hybridized carbons (Fsp3) is 0.533. The van der Waals surface area contributed by atoms with Crippen molar-refractivity contribution in [2.45, 2.75) is 38.0 Å². The van der Waals surface area contributed by atoms with Crippen molar-refractivity contribution in [3.05, 3.63) is 30.4 Å². The average Bonchev–Trinajstić information content (AvgIpc) is 2.76. The first-order chi connectivity index (χ1) is 9.28. The largest absolute Gasteiger partial charge is 0.265 e. The molecule has 2 heterocycles. The first-order valence-electron chi connectivity index (χ1n) is 7.10. The highest BCUT2D eigenvalue weighted by Gasteiger charge is 2.57. The summed E-state index contributed by atoms with van der Waals surface area (Å²) in [7, 11) is 2.02. The summed E-state index contributed by atoms with van der Waals surface area (Å²) in [6.07, 6.45) is 10.5. The van der Waals surface area contributed by atoms with Crippen molar-refractivity contribution < 1.29 is 0 Å². The van der Waals surface area contributed by atoms with Crippen LogP contribution in [0.3, 0.4) is 0 Å². The number of hydrogen-bond donors (Lipinski definition) is 0. The van der Waals surface area contributed by atoms with E-state index in [0.717, 1.165) is 11.4 Å². The predicted molar refractivity (Wildman–Crippen MR) is 72.5 cm³/mol. The van der Waals surface area contributed by atoms with Crippen LogP contribution in [-0.2, 0) is 7.05 Å². The lowest BCUT2D eigenvalue weighted by atomic mass is 10.0. The van der Waals surface area contributed by atoms with Crippen molar-refractivity contribution in [3.63, 3.8) is 0 Å². The van der Waals surface area contributed by atoms with E-state index in [2.05, 4.69) is 10.1 Å². The molecule has 0 aromatic carbocycles. The Morgan fingerprint density at radius 2 is 1.95 bits per heavy atom. The first-order valence-corrected chi connectivity index (χ1v) is 7.10. The van der Waals surface area contributed by atoms with Gasteiger partial charge in [0, 0.05) is 30.9 Å². The summed E-state index contributed by atoms with van der Waals surface area (Å²) >= 11 is 0. The summed E-state index contributed by atoms with van der Waals surface area (Å²) in [6, 6.07) is 3.94. The maximum Gasteiger partial charge on any atom is 0.181 e. The zero-order valence-electron chi connectivity index (χ0n) is 11.2. The quantitative estimate of drug-likeness (QED) is 0.827. The van der Waals surface area contributed by atoms with E-state index in [0.29, 0.717) is 11.3 Å². The molecule has 1 atom stereocenters. The van der Waals surface area contributed by atoms with Gasteiger partial charge in [-0.05, 0) is 36.8 Å². The summed E-state index contributed by atoms with van der Waals surface area (Å²) in [5.74, 6) is 2.65. The molecule has 2 aliphatic carbocycles. The van der Waals surface area contributed by atoms with Gasteiger partial charge in [-0.15, -0.1) is 0 Å². The standard InChI is InChI=1S/C15H18N4/c1-19-14(12-10-15(12)6-2-3-7-15)17-13(18-19)11-4-8-16-9-5-11/h4-5,8-9,12H,2-3,6-7,10H2,1H3. The molecule has 2 fully saturated rings. The maximum absolute atomic E-state index is 4.79. The minimum Gasteiger partial charge on any atom is -0.265 e. The molecule has 0 saturated heterocycles. The molecule has 2 aliphatic rings. The second kappa shape index (κ2) is 3.89. The van der Waals surface area contributed by atoms with Crippen LogP contribution >= 0.6 is 0 Å². The summed E-state index contributed by atoms with van der Waals surface area (Å²) in [5.41, 5.74) is 1.63. The van der Waals surface area contributed by atoms with Crippen LogP contribution in [0.15, 0.2) is 24.5 Å². The predicted octanol–water partition coefficient (Wildman–Crippen LogP) is 2.92. The number of aromatic nitrogens is 4. The SMILES string of the molecule is Cn1nc(-c2ccncc2)nc1C1CC12CCCC2. The highest BCUT2D eigenvalue weighted by Crippen LogP contribution is 2.67. The third-order valence-electron chi connectivity index (χ3n) is 4.84. The third kappa shape index (κ3) is 1.70. The summed E-state index contributed by atoms with van der Waals surface area (Å²) < 4.78 is 1.98. The van der Waals surface area contributed by atoms with Gasteiger partial charge < -0.3 is 0 Å². The van der Waals surface area contributed by atoms with Gasteiger partial charge in [0.1, 0.15) is 5.82 Å². The third-order valence-corrected chi connectivity index (χ3v) is 4.84. The van der Waals surface area contributed by atoms with Gasteiger partial charge in [-0.1, -0.05) is 12.8 Å². The number of aryl methyl sites for hydroxylation is 1. The second-order valence-electron chi connectivity index (χ2n) is 5.98. The van der Waals surface area contributed by atoms with E-state index in [1.54, 1.807) is 12.4 Å². The van der Waals surface area contributed by atoms with Crippen LogP contribution in [0.5, 0.6) is 0 Å². The van der Waals surface area contributed by atoms with Crippen molar-refractivity contribution in [1.82, 2.24) is 19.7 Å². The Morgan fingerprint density at radius 3 is 2.68 bits per heavy atom. The van der Waals surface area contributed by atoms with E-state index in [1.165, 1.54) is 37.9 Å². The van der Waals surface area contributed by atoms with Crippen molar-refractivity contribution in [2.24, 2.45) is 12.5 Å². The summed E-state index contributed by atoms with van der Waals surface area (Å²) in [5, 5.41) is 4.57. The van der Waals surface area contributed by atoms with Crippen LogP contribution in [0.4, 0.5) is 0 Å². The minimum absolute atomic E-state index is 0.580. The van der Waals surface area contributed by atoms with Crippen LogP contribution in [0.1, 0.15) is 43.8 Å². The second-order valence-corrected chi connectivity index (χ2v) is 5.98. The normalized spacial score (nSPS) is 23.9. The Balaban J connectivity index is 1.66. The van der Waals surface area contributed by atoms with Crippen LogP contribution in [-0.4, -0.2) is 19.7 Å². The summed E-state index contributed by atoms with van der Waals surface area (Å²) in [4.78, 5) is 8.83. The molecule has 2 saturated carbocycles. The van der Waals surface area contributed by atoms with Gasteiger partial charge >= 0.3 is 0 Å². The number of rotatable bonds is 2. The van der Waals surface area contributed by atoms with Crippen LogP contribution < -0.4 is 0 Å². The molecule has 0 bridgehead atoms. The van der Waals surface area contributed by atoms with Gasteiger partial charge in [-0.3, -0.25) is 9.67 Å². The van der Waals surface area contributed by atoms with Gasteiger partial charge in [0.15, 0.2) is 5.82 Å². The molecule has 19 heavy (non-hydrogen) atoms. The zero-order chi connectivity index (χ0) is 12.9. The zero-order valence-corrected chi connectivity index (χ0v) is 11.2. The first kappa shape index (κ1) is 11.1. The van der Waals surface area contributed by atoms with E-state index in [9.17, 15) is 0 Å². The molecule has 4 heteroatoms. The molecule has 1 spiro atoms. The van der Waals surface area contributed by atoms with Crippen molar-refractivity contribution in [2.75, 3.05) is 0 Å². The molecular weight excluding hydrogens is 236 g/mol. The summed E-state index contributed by atoms with van der Waals surface area (Å²) in [6.45, 7) is 0. The van der Waals surface area contributed by atoms with Gasteiger partial charge in [0.05, 0.1) is 0 Å². The lowest BCUT2D eigenvalue weighted by molar-refractivity contribution is 0.497.